The summed E-state index contributed by atoms with van der Waals surface area (Å²) in [5, 5.41) is 24.0. The SMILES string of the molecule is C=CC(=O)OCCCCCCCCCCCOc1cc(C(=O)[O-])cc(OCCCCCCCCCCCOC(=O)C=C)c1OCCCCCCCCCCCOC(=O)C=C.C=CC(=O)OCCCCCCCCCCCOc1cc(C(=O)[O-])cc(OCCCCCCCCCCCOC(=O)C=C)c1OCCCCCCCCCCCOC(=O)C=C.[Ni+2]. The molecule has 0 aromatic heterocycles. The molecule has 688 valence electrons. The van der Waals surface area contributed by atoms with Crippen molar-refractivity contribution >= 4 is 47.8 Å². The first-order valence-electron chi connectivity index (χ1n) is 45.9. The van der Waals surface area contributed by atoms with Gasteiger partial charge < -0.3 is 76.6 Å². The van der Waals surface area contributed by atoms with E-state index in [2.05, 4.69) is 39.5 Å². The van der Waals surface area contributed by atoms with E-state index in [4.69, 9.17) is 56.8 Å². The monoisotopic (exact) mass is 1740 g/mol. The molecule has 121 heavy (non-hydrogen) atoms. The molecule has 22 nitrogen and oxygen atoms in total. The molecule has 0 saturated heterocycles. The molecule has 0 unspecified atom stereocenters. The average molecular weight is 1740 g/mol. The summed E-state index contributed by atoms with van der Waals surface area (Å²) in [5.74, 6) is -2.35. The molecule has 0 radical (unpaired) electrons. The van der Waals surface area contributed by atoms with Gasteiger partial charge in [0.1, 0.15) is 0 Å². The summed E-state index contributed by atoms with van der Waals surface area (Å²) < 4.78 is 67.5. The van der Waals surface area contributed by atoms with Crippen LogP contribution < -0.4 is 38.6 Å². The maximum atomic E-state index is 12.0. The molecule has 0 spiro atoms. The van der Waals surface area contributed by atoms with Gasteiger partial charge >= 0.3 is 52.3 Å². The van der Waals surface area contributed by atoms with Crippen molar-refractivity contribution < 1.29 is 122 Å². The first-order valence-corrected chi connectivity index (χ1v) is 45.9. The van der Waals surface area contributed by atoms with E-state index >= 15 is 0 Å². The molecule has 0 fully saturated rings. The Hall–Kier alpha value is -8.07. The Kier molecular flexibility index (Phi) is 78.6. The van der Waals surface area contributed by atoms with Crippen molar-refractivity contribution in [3.63, 3.8) is 0 Å². The van der Waals surface area contributed by atoms with Gasteiger partial charge in [0.2, 0.25) is 11.5 Å². The van der Waals surface area contributed by atoms with E-state index in [1.54, 1.807) is 0 Å². The fourth-order valence-electron chi connectivity index (χ4n) is 13.2. The maximum absolute atomic E-state index is 12.0. The number of carboxylic acids is 2. The minimum absolute atomic E-state index is 0. The van der Waals surface area contributed by atoms with Crippen LogP contribution >= 0.6 is 0 Å². The van der Waals surface area contributed by atoms with Crippen LogP contribution in [0.5, 0.6) is 34.5 Å². The number of rotatable bonds is 86. The van der Waals surface area contributed by atoms with Crippen molar-refractivity contribution in [1.29, 1.82) is 0 Å². The smallest absolute Gasteiger partial charge is 0.545 e. The van der Waals surface area contributed by atoms with Gasteiger partial charge in [-0.2, -0.15) is 0 Å². The van der Waals surface area contributed by atoms with Crippen LogP contribution in [0.15, 0.2) is 100 Å². The maximum Gasteiger partial charge on any atom is 2.00 e. The summed E-state index contributed by atoms with van der Waals surface area (Å²) in [4.78, 5) is 90.7. The van der Waals surface area contributed by atoms with E-state index in [1.807, 2.05) is 0 Å². The van der Waals surface area contributed by atoms with E-state index in [9.17, 15) is 48.6 Å². The number of esters is 6. The van der Waals surface area contributed by atoms with E-state index in [0.29, 0.717) is 114 Å². The number of ether oxygens (including phenoxy) is 12. The number of aromatic carboxylic acids is 2. The molecule has 23 heteroatoms. The Balaban J connectivity index is 0.00000236. The van der Waals surface area contributed by atoms with E-state index in [0.717, 1.165) is 334 Å². The quantitative estimate of drug-likeness (QED) is 0.0195. The van der Waals surface area contributed by atoms with Crippen LogP contribution in [0, 0.1) is 0 Å². The van der Waals surface area contributed by atoms with Gasteiger partial charge in [0.05, 0.1) is 91.2 Å². The molecular formula is C98H154NiO22. The third kappa shape index (κ3) is 69.1. The van der Waals surface area contributed by atoms with Gasteiger partial charge in [0.15, 0.2) is 23.0 Å². The number of carbonyl (C=O) groups is 8. The van der Waals surface area contributed by atoms with E-state index in [-0.39, 0.29) is 63.4 Å². The van der Waals surface area contributed by atoms with Crippen molar-refractivity contribution in [1.82, 2.24) is 0 Å². The standard InChI is InChI=1S/2C49H78O11.Ni/c2*1-4-45(50)57-36-30-24-18-12-7-10-16-22-28-34-55-43-40-42(49(53)54)41-44(56-35-29-23-17-11-8-13-19-25-31-37-58-46(51)5-2)48(43)60-39-33-27-21-15-9-14-20-26-32-38-59-47(52)6-3;/h2*4-6,40-41H,1-3,7-39H2,(H,53,54);/q;;+2/p-2. The van der Waals surface area contributed by atoms with E-state index in [1.165, 1.54) is 73.6 Å². The summed E-state index contributed by atoms with van der Waals surface area (Å²) in [5.41, 5.74) is 0.00530. The Bertz CT molecular complexity index is 2720. The second-order valence-corrected chi connectivity index (χ2v) is 30.6. The van der Waals surface area contributed by atoms with Crippen LogP contribution in [0.4, 0.5) is 0 Å². The van der Waals surface area contributed by atoms with Gasteiger partial charge in [-0.15, -0.1) is 0 Å². The zero-order valence-corrected chi connectivity index (χ0v) is 75.0. The average Bonchev–Trinajstić information content (AvgIpc) is 0.824. The molecule has 0 aliphatic heterocycles. The van der Waals surface area contributed by atoms with E-state index < -0.39 is 11.9 Å². The number of benzene rings is 2. The van der Waals surface area contributed by atoms with Crippen LogP contribution in [0.2, 0.25) is 0 Å². The Morgan fingerprint density at radius 2 is 0.314 bits per heavy atom. The predicted molar refractivity (Wildman–Crippen MR) is 471 cm³/mol. The predicted octanol–water partition coefficient (Wildman–Crippen LogP) is 21.8. The molecule has 0 atom stereocenters. The molecule has 0 N–H and O–H groups in total. The molecule has 0 bridgehead atoms. The zero-order chi connectivity index (χ0) is 87.5. The molecule has 0 amide bonds. The fourth-order valence-corrected chi connectivity index (χ4v) is 13.2. The fraction of sp³-hybridized carbons (Fsp3) is 0.673. The zero-order valence-electron chi connectivity index (χ0n) is 74.0. The molecule has 0 aliphatic rings. The molecule has 2 aromatic carbocycles. The first-order chi connectivity index (χ1) is 58.6. The third-order valence-electron chi connectivity index (χ3n) is 20.2. The number of unbranched alkanes of at least 4 members (excludes halogenated alkanes) is 48. The molecule has 0 aliphatic carbocycles. The Labute approximate surface area is 737 Å². The van der Waals surface area contributed by atoms with Crippen molar-refractivity contribution in [2.24, 2.45) is 0 Å². The van der Waals surface area contributed by atoms with Gasteiger partial charge in [-0.25, -0.2) is 28.8 Å². The van der Waals surface area contributed by atoms with Gasteiger partial charge in [-0.3, -0.25) is 0 Å². The topological polar surface area (TPSA) is 293 Å². The van der Waals surface area contributed by atoms with Crippen molar-refractivity contribution in [2.75, 3.05) is 79.3 Å². The number of hydrogen-bond acceptors (Lipinski definition) is 22. The minimum Gasteiger partial charge on any atom is -0.545 e. The largest absolute Gasteiger partial charge is 2.00 e. The summed E-state index contributed by atoms with van der Waals surface area (Å²) >= 11 is 0. The third-order valence-corrected chi connectivity index (χ3v) is 20.2. The van der Waals surface area contributed by atoms with Gasteiger partial charge in [-0.05, 0) is 101 Å². The molecule has 2 rings (SSSR count). The summed E-state index contributed by atoms with van der Waals surface area (Å²) in [6.45, 7) is 25.8. The number of carboxylic acid groups (broad SMARTS) is 2. The van der Waals surface area contributed by atoms with Gasteiger partial charge in [0.25, 0.3) is 0 Å². The Morgan fingerprint density at radius 1 is 0.198 bits per heavy atom. The summed E-state index contributed by atoms with van der Waals surface area (Å²) in [6.07, 6.45) is 64.0. The normalized spacial score (nSPS) is 10.6. The first kappa shape index (κ1) is 113. The number of carbonyl (C=O) groups excluding carboxylic acids is 8. The Morgan fingerprint density at radius 3 is 0.438 bits per heavy atom. The van der Waals surface area contributed by atoms with Gasteiger partial charge in [0, 0.05) is 47.6 Å². The summed E-state index contributed by atoms with van der Waals surface area (Å²) in [6, 6.07) is 5.97. The molecule has 0 saturated carbocycles. The second kappa shape index (κ2) is 84.2. The molecular weight excluding hydrogens is 1590 g/mol. The van der Waals surface area contributed by atoms with Crippen molar-refractivity contribution in [3.05, 3.63) is 111 Å². The minimum atomic E-state index is -1.29. The van der Waals surface area contributed by atoms with Crippen molar-refractivity contribution in [2.45, 2.75) is 347 Å². The number of hydrogen-bond donors (Lipinski definition) is 0. The van der Waals surface area contributed by atoms with Gasteiger partial charge in [-0.1, -0.05) is 309 Å². The van der Waals surface area contributed by atoms with Crippen LogP contribution in [0.1, 0.15) is 367 Å². The van der Waals surface area contributed by atoms with Crippen LogP contribution in [-0.2, 0) is 73.7 Å². The summed E-state index contributed by atoms with van der Waals surface area (Å²) in [7, 11) is 0. The molecule has 2 aromatic rings. The van der Waals surface area contributed by atoms with Crippen molar-refractivity contribution in [3.8, 4) is 34.5 Å². The van der Waals surface area contributed by atoms with Crippen LogP contribution in [-0.4, -0.2) is 127 Å². The second-order valence-electron chi connectivity index (χ2n) is 30.6. The van der Waals surface area contributed by atoms with Crippen LogP contribution in [0.25, 0.3) is 0 Å². The van der Waals surface area contributed by atoms with Crippen LogP contribution in [0.3, 0.4) is 0 Å². The molecule has 0 heterocycles.